The summed E-state index contributed by atoms with van der Waals surface area (Å²) in [6.07, 6.45) is 1.51. The molecule has 1 aromatic heterocycles. The van der Waals surface area contributed by atoms with Crippen LogP contribution in [0.1, 0.15) is 0 Å². The zero-order valence-corrected chi connectivity index (χ0v) is 17.8. The van der Waals surface area contributed by atoms with Crippen molar-refractivity contribution in [2.45, 2.75) is 12.8 Å². The van der Waals surface area contributed by atoms with Gasteiger partial charge in [-0.25, -0.2) is 4.79 Å². The standard InChI is InChI=1S/C24H24N4O4/c1-30-23(31-2)16-28-15-17-14-19(10-13-22(17)27-28)26-24(29)25-18-8-11-21(12-9-18)32-20-6-4-3-5-7-20/h3-15,23H,16H2,1-2H3,(H2,25,26,29). The number of anilines is 2. The first-order valence-corrected chi connectivity index (χ1v) is 10.1. The molecule has 3 aromatic carbocycles. The zero-order valence-electron chi connectivity index (χ0n) is 17.8. The Bertz CT molecular complexity index is 1170. The quantitative estimate of drug-likeness (QED) is 0.379. The molecule has 0 saturated carbocycles. The Kier molecular flexibility index (Phi) is 6.64. The first kappa shape index (κ1) is 21.4. The molecule has 4 aromatic rings. The van der Waals surface area contributed by atoms with Gasteiger partial charge in [0.15, 0.2) is 6.29 Å². The molecule has 1 heterocycles. The van der Waals surface area contributed by atoms with Crippen molar-refractivity contribution in [1.82, 2.24) is 9.78 Å². The van der Waals surface area contributed by atoms with Gasteiger partial charge in [-0.15, -0.1) is 0 Å². The first-order valence-electron chi connectivity index (χ1n) is 10.1. The number of hydrogen-bond acceptors (Lipinski definition) is 5. The minimum Gasteiger partial charge on any atom is -0.457 e. The smallest absolute Gasteiger partial charge is 0.323 e. The number of benzene rings is 3. The maximum absolute atomic E-state index is 12.4. The van der Waals surface area contributed by atoms with Crippen LogP contribution in [0.25, 0.3) is 10.9 Å². The van der Waals surface area contributed by atoms with Gasteiger partial charge in [-0.3, -0.25) is 4.68 Å². The second-order valence-corrected chi connectivity index (χ2v) is 7.04. The molecule has 0 aliphatic heterocycles. The molecule has 0 fully saturated rings. The molecule has 0 aliphatic rings. The number of aromatic nitrogens is 2. The number of urea groups is 1. The van der Waals surface area contributed by atoms with Crippen LogP contribution in [0.4, 0.5) is 16.2 Å². The summed E-state index contributed by atoms with van der Waals surface area (Å²) < 4.78 is 17.9. The fourth-order valence-corrected chi connectivity index (χ4v) is 3.17. The molecule has 32 heavy (non-hydrogen) atoms. The fraction of sp³-hybridized carbons (Fsp3) is 0.167. The number of ether oxygens (including phenoxy) is 3. The monoisotopic (exact) mass is 432 g/mol. The normalized spacial score (nSPS) is 11.0. The number of amides is 2. The number of methoxy groups -OCH3 is 2. The Balaban J connectivity index is 1.36. The number of carbonyl (C=O) groups excluding carboxylic acids is 1. The molecule has 8 nitrogen and oxygen atoms in total. The zero-order chi connectivity index (χ0) is 22.3. The van der Waals surface area contributed by atoms with Gasteiger partial charge in [0.2, 0.25) is 0 Å². The Labute approximate surface area is 185 Å². The lowest BCUT2D eigenvalue weighted by molar-refractivity contribution is -0.112. The highest BCUT2D eigenvalue weighted by Gasteiger charge is 2.10. The number of rotatable bonds is 8. The molecule has 0 atom stereocenters. The van der Waals surface area contributed by atoms with Crippen molar-refractivity contribution in [2.75, 3.05) is 24.9 Å². The minimum absolute atomic E-state index is 0.340. The van der Waals surface area contributed by atoms with E-state index in [0.29, 0.717) is 23.7 Å². The largest absolute Gasteiger partial charge is 0.457 e. The van der Waals surface area contributed by atoms with Crippen LogP contribution in [0.3, 0.4) is 0 Å². The summed E-state index contributed by atoms with van der Waals surface area (Å²) in [4.78, 5) is 12.4. The number of nitrogens with one attached hydrogen (secondary N) is 2. The predicted octanol–water partition coefficient (Wildman–Crippen LogP) is 5.09. The number of para-hydroxylation sites is 1. The third-order valence-electron chi connectivity index (χ3n) is 4.76. The summed E-state index contributed by atoms with van der Waals surface area (Å²) in [6, 6.07) is 21.9. The molecule has 0 saturated heterocycles. The van der Waals surface area contributed by atoms with Crippen LogP contribution in [0.2, 0.25) is 0 Å². The molecule has 0 aliphatic carbocycles. The van der Waals surface area contributed by atoms with Gasteiger partial charge in [-0.05, 0) is 54.6 Å². The van der Waals surface area contributed by atoms with Gasteiger partial charge < -0.3 is 24.8 Å². The highest BCUT2D eigenvalue weighted by molar-refractivity contribution is 6.00. The molecule has 0 bridgehead atoms. The lowest BCUT2D eigenvalue weighted by atomic mass is 10.2. The Morgan fingerprint density at radius 3 is 2.28 bits per heavy atom. The van der Waals surface area contributed by atoms with Crippen LogP contribution in [-0.4, -0.2) is 36.3 Å². The van der Waals surface area contributed by atoms with E-state index >= 15 is 0 Å². The summed E-state index contributed by atoms with van der Waals surface area (Å²) in [5.41, 5.74) is 2.13. The Morgan fingerprint density at radius 1 is 0.906 bits per heavy atom. The second-order valence-electron chi connectivity index (χ2n) is 7.04. The second kappa shape index (κ2) is 9.95. The van der Waals surface area contributed by atoms with Gasteiger partial charge in [-0.2, -0.15) is 5.10 Å². The van der Waals surface area contributed by atoms with E-state index in [1.165, 1.54) is 0 Å². The van der Waals surface area contributed by atoms with E-state index in [9.17, 15) is 4.79 Å². The molecule has 8 heteroatoms. The maximum atomic E-state index is 12.4. The summed E-state index contributed by atoms with van der Waals surface area (Å²) in [7, 11) is 3.17. The highest BCUT2D eigenvalue weighted by Crippen LogP contribution is 2.23. The molecular weight excluding hydrogens is 408 g/mol. The van der Waals surface area contributed by atoms with Gasteiger partial charge in [0.05, 0.1) is 12.1 Å². The van der Waals surface area contributed by atoms with Crippen LogP contribution in [-0.2, 0) is 16.0 Å². The van der Waals surface area contributed by atoms with Crippen LogP contribution in [0, 0.1) is 0 Å². The number of nitrogens with zero attached hydrogens (tertiary/aromatic N) is 2. The molecule has 2 N–H and O–H groups in total. The van der Waals surface area contributed by atoms with E-state index in [-0.39, 0.29) is 12.3 Å². The van der Waals surface area contributed by atoms with E-state index in [0.717, 1.165) is 16.7 Å². The number of fused-ring (bicyclic) bond motifs is 1. The topological polar surface area (TPSA) is 86.6 Å². The van der Waals surface area contributed by atoms with E-state index in [1.807, 2.05) is 48.7 Å². The third-order valence-corrected chi connectivity index (χ3v) is 4.76. The average Bonchev–Trinajstić information content (AvgIpc) is 3.21. The van der Waals surface area contributed by atoms with Gasteiger partial charge in [0.1, 0.15) is 11.5 Å². The van der Waals surface area contributed by atoms with Crippen LogP contribution in [0.15, 0.2) is 79.0 Å². The van der Waals surface area contributed by atoms with Crippen molar-refractivity contribution in [3.63, 3.8) is 0 Å². The molecular formula is C24H24N4O4. The van der Waals surface area contributed by atoms with Gasteiger partial charge in [0.25, 0.3) is 0 Å². The predicted molar refractivity (Wildman–Crippen MR) is 123 cm³/mol. The molecule has 0 spiro atoms. The van der Waals surface area contributed by atoms with Crippen LogP contribution < -0.4 is 15.4 Å². The summed E-state index contributed by atoms with van der Waals surface area (Å²) >= 11 is 0. The SMILES string of the molecule is COC(Cn1cc2cc(NC(=O)Nc3ccc(Oc4ccccc4)cc3)ccc2n1)OC. The lowest BCUT2D eigenvalue weighted by Crippen LogP contribution is -2.20. The van der Waals surface area contributed by atoms with E-state index in [4.69, 9.17) is 14.2 Å². The van der Waals surface area contributed by atoms with Crippen molar-refractivity contribution in [3.8, 4) is 11.5 Å². The van der Waals surface area contributed by atoms with Crippen molar-refractivity contribution < 1.29 is 19.0 Å². The van der Waals surface area contributed by atoms with E-state index in [1.54, 1.807) is 49.2 Å². The van der Waals surface area contributed by atoms with Gasteiger partial charge in [0, 0.05) is 37.2 Å². The third kappa shape index (κ3) is 5.42. The van der Waals surface area contributed by atoms with Gasteiger partial charge >= 0.3 is 6.03 Å². The molecule has 0 unspecified atom stereocenters. The summed E-state index contributed by atoms with van der Waals surface area (Å²) in [5, 5.41) is 11.0. The summed E-state index contributed by atoms with van der Waals surface area (Å²) in [6.45, 7) is 0.467. The van der Waals surface area contributed by atoms with Crippen molar-refractivity contribution in [3.05, 3.63) is 79.0 Å². The number of carbonyl (C=O) groups is 1. The molecule has 164 valence electrons. The molecule has 2 amide bonds. The van der Waals surface area contributed by atoms with Crippen molar-refractivity contribution in [2.24, 2.45) is 0 Å². The maximum Gasteiger partial charge on any atom is 0.323 e. The summed E-state index contributed by atoms with van der Waals surface area (Å²) in [5.74, 6) is 1.44. The first-order chi connectivity index (χ1) is 15.6. The van der Waals surface area contributed by atoms with Crippen LogP contribution >= 0.6 is 0 Å². The fourth-order valence-electron chi connectivity index (χ4n) is 3.17. The molecule has 4 rings (SSSR count). The average molecular weight is 432 g/mol. The highest BCUT2D eigenvalue weighted by atomic mass is 16.7. The Hall–Kier alpha value is -3.88. The van der Waals surface area contributed by atoms with Gasteiger partial charge in [-0.1, -0.05) is 18.2 Å². The van der Waals surface area contributed by atoms with E-state index < -0.39 is 0 Å². The Morgan fingerprint density at radius 2 is 1.56 bits per heavy atom. The van der Waals surface area contributed by atoms with Crippen molar-refractivity contribution in [1.29, 1.82) is 0 Å². The molecule has 0 radical (unpaired) electrons. The van der Waals surface area contributed by atoms with Crippen molar-refractivity contribution >= 4 is 28.3 Å². The number of hydrogen-bond donors (Lipinski definition) is 2. The van der Waals surface area contributed by atoms with E-state index in [2.05, 4.69) is 15.7 Å². The minimum atomic E-state index is -0.378. The van der Waals surface area contributed by atoms with Crippen LogP contribution in [0.5, 0.6) is 11.5 Å². The lowest BCUT2D eigenvalue weighted by Gasteiger charge is -2.12.